The van der Waals surface area contributed by atoms with E-state index in [0.717, 1.165) is 54.9 Å². The number of hydrogen-bond donors (Lipinski definition) is 0. The molecule has 64 heavy (non-hydrogen) atoms. The van der Waals surface area contributed by atoms with Crippen LogP contribution >= 0.6 is 0 Å². The first-order valence-corrected chi connectivity index (χ1v) is 21.8. The van der Waals surface area contributed by atoms with Crippen molar-refractivity contribution in [3.05, 3.63) is 196 Å². The summed E-state index contributed by atoms with van der Waals surface area (Å²) >= 11 is 0.898. The van der Waals surface area contributed by atoms with Crippen LogP contribution in [-0.4, -0.2) is 3.21 Å². The third-order valence-electron chi connectivity index (χ3n) is 11.1. The van der Waals surface area contributed by atoms with E-state index < -0.39 is 23.5 Å². The summed E-state index contributed by atoms with van der Waals surface area (Å²) in [5, 5.41) is 5.38. The minimum absolute atomic E-state index is 0. The van der Waals surface area contributed by atoms with Crippen LogP contribution in [0.25, 0.3) is 43.8 Å². The average molecular weight is 987 g/mol. The van der Waals surface area contributed by atoms with Crippen LogP contribution in [0.1, 0.15) is 92.5 Å². The van der Waals surface area contributed by atoms with Crippen LogP contribution in [0.3, 0.4) is 0 Å². The summed E-state index contributed by atoms with van der Waals surface area (Å²) in [5.74, 6) is 0. The second kappa shape index (κ2) is 20.8. The van der Waals surface area contributed by atoms with Gasteiger partial charge in [-0.05, 0) is 69.2 Å². The number of alkyl halides is 6. The predicted octanol–water partition coefficient (Wildman–Crippen LogP) is 10.4. The number of allylic oxidation sites excluding steroid dienone is 4. The molecule has 0 bridgehead atoms. The van der Waals surface area contributed by atoms with Crippen molar-refractivity contribution in [3.8, 4) is 22.3 Å². The molecule has 9 heteroatoms. The molecule has 0 atom stereocenters. The maximum atomic E-state index is 12.5. The van der Waals surface area contributed by atoms with Crippen molar-refractivity contribution < 1.29 is 75.4 Å². The van der Waals surface area contributed by atoms with Crippen LogP contribution in [0.2, 0.25) is 0 Å². The fourth-order valence-corrected chi connectivity index (χ4v) is 8.52. The van der Waals surface area contributed by atoms with Crippen LogP contribution in [0.15, 0.2) is 146 Å². The Labute approximate surface area is 401 Å². The number of halogens is 8. The van der Waals surface area contributed by atoms with Crippen molar-refractivity contribution in [2.75, 3.05) is 0 Å². The Morgan fingerprint density at radius 3 is 1.19 bits per heavy atom. The topological polar surface area (TPSA) is 0 Å². The van der Waals surface area contributed by atoms with Crippen LogP contribution in [0.4, 0.5) is 26.3 Å². The fraction of sp³-hybridized carbons (Fsp3) is 0.236. The van der Waals surface area contributed by atoms with Gasteiger partial charge in [-0.3, -0.25) is 6.08 Å². The molecule has 332 valence electrons. The molecule has 7 aromatic rings. The minimum atomic E-state index is -4.41. The summed E-state index contributed by atoms with van der Waals surface area (Å²) in [6, 6.07) is 38.9. The zero-order valence-electron chi connectivity index (χ0n) is 37.1. The first-order chi connectivity index (χ1) is 29.0. The second-order valence-corrected chi connectivity index (χ2v) is 19.0. The number of fused-ring (bicyclic) bond motifs is 3. The Balaban J connectivity index is 0.000000265. The number of benzene rings is 6. The molecule has 0 spiro atoms. The van der Waals surface area contributed by atoms with Crippen molar-refractivity contribution in [2.45, 2.75) is 85.0 Å². The molecule has 0 aliphatic heterocycles. The van der Waals surface area contributed by atoms with Gasteiger partial charge in [-0.25, -0.2) is 12.2 Å². The molecular formula is C55H50Cl2F6Zr-2. The summed E-state index contributed by atoms with van der Waals surface area (Å²) in [6.07, 6.45) is 1.18. The van der Waals surface area contributed by atoms with Crippen LogP contribution in [-0.2, 0) is 47.4 Å². The molecule has 0 saturated carbocycles. The predicted molar refractivity (Wildman–Crippen MR) is 242 cm³/mol. The van der Waals surface area contributed by atoms with Crippen molar-refractivity contribution in [1.82, 2.24) is 0 Å². The van der Waals surface area contributed by atoms with Crippen molar-refractivity contribution in [1.29, 1.82) is 0 Å². The molecule has 0 amide bonds. The second-order valence-electron chi connectivity index (χ2n) is 17.8. The molecule has 0 aromatic heterocycles. The summed E-state index contributed by atoms with van der Waals surface area (Å²) in [5.41, 5.74) is 10.5. The van der Waals surface area contributed by atoms with E-state index >= 15 is 0 Å². The van der Waals surface area contributed by atoms with Gasteiger partial charge < -0.3 is 24.8 Å². The smallest absolute Gasteiger partial charge is 0.109 e. The molecule has 0 fully saturated rings. The Morgan fingerprint density at radius 2 is 0.906 bits per heavy atom. The quantitative estimate of drug-likeness (QED) is 0.122. The van der Waals surface area contributed by atoms with Crippen LogP contribution < -0.4 is 24.8 Å². The van der Waals surface area contributed by atoms with Crippen molar-refractivity contribution >= 4 is 24.8 Å². The Hall–Kier alpha value is -4.42. The first kappa shape index (κ1) is 52.2. The van der Waals surface area contributed by atoms with Gasteiger partial charge in [0.15, 0.2) is 0 Å². The molecule has 1 aliphatic carbocycles. The van der Waals surface area contributed by atoms with Gasteiger partial charge in [0.1, 0.15) is 0 Å². The third kappa shape index (κ3) is 12.3. The number of aryl methyl sites for hydroxylation is 2. The molecule has 0 nitrogen and oxygen atoms in total. The van der Waals surface area contributed by atoms with E-state index in [1.165, 1.54) is 90.3 Å². The Kier molecular flexibility index (Phi) is 17.0. The molecule has 7 aromatic carbocycles. The van der Waals surface area contributed by atoms with Crippen molar-refractivity contribution in [3.63, 3.8) is 0 Å². The molecule has 8 rings (SSSR count). The summed E-state index contributed by atoms with van der Waals surface area (Å²) in [7, 11) is 0. The number of rotatable bonds is 4. The Morgan fingerprint density at radius 1 is 0.531 bits per heavy atom. The van der Waals surface area contributed by atoms with Gasteiger partial charge in [0.2, 0.25) is 0 Å². The first-order valence-electron chi connectivity index (χ1n) is 20.5. The van der Waals surface area contributed by atoms with Gasteiger partial charge in [0.05, 0.1) is 0 Å². The normalized spacial score (nSPS) is 12.5. The van der Waals surface area contributed by atoms with E-state index in [-0.39, 0.29) is 35.6 Å². The molecule has 0 N–H and O–H groups in total. The summed E-state index contributed by atoms with van der Waals surface area (Å²) in [4.78, 5) is 0. The molecular weight excluding hydrogens is 937 g/mol. The molecule has 0 unspecified atom stereocenters. The molecule has 1 aliphatic rings. The monoisotopic (exact) mass is 984 g/mol. The zero-order chi connectivity index (χ0) is 45.2. The molecule has 0 radical (unpaired) electrons. The van der Waals surface area contributed by atoms with Gasteiger partial charge in [-0.1, -0.05) is 102 Å². The van der Waals surface area contributed by atoms with Gasteiger partial charge in [0, 0.05) is 0 Å². The molecule has 0 heterocycles. The van der Waals surface area contributed by atoms with E-state index in [2.05, 4.69) is 146 Å². The van der Waals surface area contributed by atoms with E-state index in [9.17, 15) is 26.3 Å². The van der Waals surface area contributed by atoms with Gasteiger partial charge in [0.25, 0.3) is 0 Å². The summed E-state index contributed by atoms with van der Waals surface area (Å²) < 4.78 is 75.6. The van der Waals surface area contributed by atoms with E-state index in [0.29, 0.717) is 14.3 Å². The van der Waals surface area contributed by atoms with Gasteiger partial charge in [-0.15, -0.1) is 46.2 Å². The van der Waals surface area contributed by atoms with Crippen LogP contribution in [0.5, 0.6) is 0 Å². The van der Waals surface area contributed by atoms with E-state index in [1.54, 1.807) is 0 Å². The van der Waals surface area contributed by atoms with Crippen molar-refractivity contribution in [2.24, 2.45) is 0 Å². The average Bonchev–Trinajstić information content (AvgIpc) is 3.91. The number of hydrogen-bond acceptors (Lipinski definition) is 0. The SMILES string of the molecule is Cc1ccccc1-c1cc2[cH-]c3cc(-c4ccccc4C)c(C(C)(C)C)cc3c2cc1C(C)(C)C.FC(F)(F)c1ccc([C](=[Zr+2])c2ccc(C(F)(F)F)cc2)cc1.[C-]1=CC=CC1.[Cl-].[Cl-]. The van der Waals surface area contributed by atoms with E-state index in [4.69, 9.17) is 0 Å². The maximum Gasteiger partial charge on any atom is -0.109 e. The van der Waals surface area contributed by atoms with Gasteiger partial charge in [-0.2, -0.15) is 6.08 Å². The molecule has 0 saturated heterocycles. The van der Waals surface area contributed by atoms with Crippen LogP contribution in [0, 0.1) is 19.9 Å². The largest absolute Gasteiger partial charge is 1.00 e. The zero-order valence-corrected chi connectivity index (χ0v) is 41.1. The minimum Gasteiger partial charge on any atom is -1.00 e. The fourth-order valence-electron chi connectivity index (χ4n) is 7.70. The summed E-state index contributed by atoms with van der Waals surface area (Å²) in [6.45, 7) is 18.4. The standard InChI is InChI=1S/C35H37.C15H8F6.C5H5.2ClH.Zr/c1-22-13-9-11-15-26(22)30-18-24-17-25-19-31(27-16-12-10-14-23(27)2)33(35(6,7)8)21-29(25)28(24)20-32(30)34(3,4)5;16-14(17,18)12-5-1-10(2-6-12)9-11-3-7-13(8-4-11)15(19,20)21;1-2-4-5-3-1;;;/h9-21H,1-8H3;1-8H;1-3H,4H2;2*1H;/q-1;;-1;;;+2/p-2. The maximum absolute atomic E-state index is 12.5. The Bertz CT molecular complexity index is 2590. The van der Waals surface area contributed by atoms with E-state index in [1.807, 2.05) is 12.2 Å². The van der Waals surface area contributed by atoms with Gasteiger partial charge >= 0.3 is 137 Å². The third-order valence-corrected chi connectivity index (χ3v) is 12.5.